The highest BCUT2D eigenvalue weighted by Gasteiger charge is 1.97. The normalized spacial score (nSPS) is 8.05. The van der Waals surface area contributed by atoms with Gasteiger partial charge in [0, 0.05) is 39.4 Å². The first-order chi connectivity index (χ1) is 25.6. The van der Waals surface area contributed by atoms with Crippen LogP contribution < -0.4 is 10.6 Å². The third-order valence-electron chi connectivity index (χ3n) is 6.47. The molecule has 10 heteroatoms. The van der Waals surface area contributed by atoms with Crippen LogP contribution in [0.3, 0.4) is 0 Å². The molecule has 0 aliphatic carbocycles. The molecule has 0 saturated carbocycles. The third kappa shape index (κ3) is 237. The molecule has 0 heterocycles. The topological polar surface area (TPSA) is 132 Å². The van der Waals surface area contributed by atoms with E-state index in [9.17, 15) is 4.79 Å². The summed E-state index contributed by atoms with van der Waals surface area (Å²) in [6.07, 6.45) is 20.3. The van der Waals surface area contributed by atoms with E-state index in [0.29, 0.717) is 20.0 Å². The molecule has 408 valence electrons. The van der Waals surface area contributed by atoms with Gasteiger partial charge in [0.15, 0.2) is 0 Å². The second kappa shape index (κ2) is 152. The number of amides is 1. The number of carbonyl (C=O) groups is 1. The molecule has 63 heavy (non-hydrogen) atoms. The van der Waals surface area contributed by atoms with Crippen LogP contribution in [0.2, 0.25) is 0 Å². The Kier molecular flexibility index (Phi) is 288. The third-order valence-corrected chi connectivity index (χ3v) is 6.47. The van der Waals surface area contributed by atoms with Gasteiger partial charge in [-0.05, 0) is 66.0 Å². The summed E-state index contributed by atoms with van der Waals surface area (Å²) in [6, 6.07) is 0. The lowest BCUT2D eigenvalue weighted by Gasteiger charge is -2.04. The predicted molar refractivity (Wildman–Crippen MR) is 296 cm³/mol. The molecule has 0 fully saturated rings. The number of hydrogen-bond donors (Lipinski definition) is 3. The minimum Gasteiger partial charge on any atom is -0.393 e. The lowest BCUT2D eigenvalue weighted by Crippen LogP contribution is -2.20. The van der Waals surface area contributed by atoms with Crippen molar-refractivity contribution in [2.75, 3.05) is 59.6 Å². The fourth-order valence-electron chi connectivity index (χ4n) is 2.97. The Bertz CT molecular complexity index is 533. The Labute approximate surface area is 406 Å². The second-order valence-corrected chi connectivity index (χ2v) is 11.8. The van der Waals surface area contributed by atoms with E-state index in [2.05, 4.69) is 72.9 Å². The molecular weight excluding hydrogens is 793 g/mol. The van der Waals surface area contributed by atoms with Crippen LogP contribution in [0, 0.1) is 0 Å². The van der Waals surface area contributed by atoms with Gasteiger partial charge in [0.25, 0.3) is 0 Å². The van der Waals surface area contributed by atoms with Gasteiger partial charge in [0.05, 0.1) is 6.10 Å². The van der Waals surface area contributed by atoms with Crippen molar-refractivity contribution in [1.29, 1.82) is 0 Å². The van der Waals surface area contributed by atoms with Gasteiger partial charge in [-0.15, -0.1) is 0 Å². The van der Waals surface area contributed by atoms with Gasteiger partial charge in [-0.2, -0.15) is 9.59 Å². The Hall–Kier alpha value is -1.39. The summed E-state index contributed by atoms with van der Waals surface area (Å²) in [4.78, 5) is 26.6. The van der Waals surface area contributed by atoms with Crippen molar-refractivity contribution in [3.05, 3.63) is 0 Å². The maximum atomic E-state index is 10.3. The van der Waals surface area contributed by atoms with Crippen molar-refractivity contribution < 1.29 is 38.4 Å². The number of ether oxygens (including phenoxy) is 4. The van der Waals surface area contributed by atoms with Crippen LogP contribution in [0.25, 0.3) is 0 Å². The average Bonchev–Trinajstić information content (AvgIpc) is 3.17. The fourth-order valence-corrected chi connectivity index (χ4v) is 2.97. The van der Waals surface area contributed by atoms with Crippen molar-refractivity contribution in [3.63, 3.8) is 0 Å². The summed E-state index contributed by atoms with van der Waals surface area (Å²) < 4.78 is 20.2. The van der Waals surface area contributed by atoms with E-state index in [0.717, 1.165) is 71.7 Å². The van der Waals surface area contributed by atoms with Gasteiger partial charge < -0.3 is 34.7 Å². The molecule has 0 aromatic heterocycles. The van der Waals surface area contributed by atoms with E-state index in [4.69, 9.17) is 33.6 Å². The summed E-state index contributed by atoms with van der Waals surface area (Å²) in [5, 5.41) is 14.9. The molecule has 1 atom stereocenters. The standard InChI is InChI=1S/C8H18O2.C8H18O.C7H16O2.C5H11NO.C5H13N.C5H12.C4H10.CO2.10CH4/c1-3-5-6-7-10-8-9-4-2;1-3-5-6-7-8(9)4-2;1-3-5-6-9-7-8-4-2;1-3-5(7)6-4-2;1-3-5-6-4-2;1-3-5-4-2;1-3-4-2;2-1-3;;;;;;;;;;/h3-8H2,1-2H3;8-9H,3-7H2,1-2H3;3-7H2,1-2H3;3-4H2,1-2H3,(H,6,7);6H,3-5H2,1-2H3;3-5H2,1-2H3;3-4H2,1-2H3;;10*1H4. The van der Waals surface area contributed by atoms with Crippen LogP contribution in [0.1, 0.15) is 280 Å². The average molecular weight is 932 g/mol. The van der Waals surface area contributed by atoms with Crippen molar-refractivity contribution in [3.8, 4) is 0 Å². The predicted octanol–water partition coefficient (Wildman–Crippen LogP) is 17.6. The molecule has 0 spiro atoms. The molecule has 0 aliphatic heterocycles. The lowest BCUT2D eigenvalue weighted by atomic mass is 10.1. The molecule has 0 saturated heterocycles. The monoisotopic (exact) mass is 931 g/mol. The molecule has 0 aromatic carbocycles. The van der Waals surface area contributed by atoms with Crippen LogP contribution in [-0.2, 0) is 33.3 Å². The van der Waals surface area contributed by atoms with E-state index < -0.39 is 0 Å². The zero-order valence-electron chi connectivity index (χ0n) is 38.3. The van der Waals surface area contributed by atoms with Gasteiger partial charge in [0.2, 0.25) is 5.91 Å². The summed E-state index contributed by atoms with van der Waals surface area (Å²) in [7, 11) is 0. The second-order valence-electron chi connectivity index (χ2n) is 11.8. The summed E-state index contributed by atoms with van der Waals surface area (Å²) in [5.74, 6) is 0.127. The Balaban J connectivity index is -0.0000000229. The number of carbonyl (C=O) groups excluding carboxylic acids is 3. The maximum absolute atomic E-state index is 10.3. The number of rotatable bonds is 26. The highest BCUT2D eigenvalue weighted by atomic mass is 16.7. The molecule has 0 radical (unpaired) electrons. The van der Waals surface area contributed by atoms with Gasteiger partial charge >= 0.3 is 6.15 Å². The lowest BCUT2D eigenvalue weighted by molar-refractivity contribution is -0.191. The molecule has 0 aromatic rings. The number of nitrogens with one attached hydrogen (secondary N) is 2. The van der Waals surface area contributed by atoms with Crippen molar-refractivity contribution in [2.45, 2.75) is 286 Å². The SMILES string of the molecule is C.C.C.C.C.C.C.C.C.C.CCCC.CCCCC.CCCCCC(O)CC.CCCCCOCOCC.CCCCOCOCC.CCCNCC.CCNC(=O)CC.O=C=O. The van der Waals surface area contributed by atoms with E-state index in [1.165, 1.54) is 77.0 Å². The van der Waals surface area contributed by atoms with Crippen molar-refractivity contribution >= 4 is 12.1 Å². The van der Waals surface area contributed by atoms with E-state index in [1.54, 1.807) is 0 Å². The van der Waals surface area contributed by atoms with Crippen LogP contribution in [0.5, 0.6) is 0 Å². The summed E-state index contributed by atoms with van der Waals surface area (Å²) >= 11 is 0. The molecular formula is C53H138N2O8. The van der Waals surface area contributed by atoms with Gasteiger partial charge in [-0.25, -0.2) is 0 Å². The van der Waals surface area contributed by atoms with E-state index in [1.807, 2.05) is 34.6 Å². The Morgan fingerprint density at radius 1 is 0.476 bits per heavy atom. The molecule has 3 N–H and O–H groups in total. The highest BCUT2D eigenvalue weighted by molar-refractivity contribution is 5.75. The van der Waals surface area contributed by atoms with E-state index >= 15 is 0 Å². The van der Waals surface area contributed by atoms with Crippen LogP contribution in [-0.4, -0.2) is 82.9 Å². The zero-order chi connectivity index (χ0) is 42.5. The largest absolute Gasteiger partial charge is 0.393 e. The molecule has 0 rings (SSSR count). The van der Waals surface area contributed by atoms with Gasteiger partial charge in [-0.1, -0.05) is 221 Å². The number of aliphatic hydroxyl groups excluding tert-OH is 1. The van der Waals surface area contributed by atoms with Crippen LogP contribution in [0.4, 0.5) is 0 Å². The van der Waals surface area contributed by atoms with Crippen LogP contribution in [0.15, 0.2) is 0 Å². The first-order valence-electron chi connectivity index (χ1n) is 21.6. The Morgan fingerprint density at radius 3 is 1.06 bits per heavy atom. The molecule has 10 nitrogen and oxygen atoms in total. The van der Waals surface area contributed by atoms with Crippen molar-refractivity contribution in [2.24, 2.45) is 0 Å². The summed E-state index contributed by atoms with van der Waals surface area (Å²) in [5.41, 5.74) is 0. The first-order valence-corrected chi connectivity index (χ1v) is 21.6. The quantitative estimate of drug-likeness (QED) is 0.0573. The van der Waals surface area contributed by atoms with Crippen LogP contribution >= 0.6 is 0 Å². The van der Waals surface area contributed by atoms with Gasteiger partial charge in [-0.3, -0.25) is 4.79 Å². The number of unbranched alkanes of at least 4 members (excludes halogenated alkanes) is 8. The summed E-state index contributed by atoms with van der Waals surface area (Å²) in [6.45, 7) is 36.4. The highest BCUT2D eigenvalue weighted by Crippen LogP contribution is 2.04. The first kappa shape index (κ1) is 119. The fraction of sp³-hybridized carbons (Fsp3) is 0.962. The molecule has 0 aliphatic rings. The molecule has 1 unspecified atom stereocenters. The Morgan fingerprint density at radius 2 is 0.841 bits per heavy atom. The van der Waals surface area contributed by atoms with E-state index in [-0.39, 0.29) is 92.4 Å². The number of hydrogen-bond acceptors (Lipinski definition) is 9. The number of aliphatic hydroxyl groups is 1. The minimum atomic E-state index is -0.0449. The smallest absolute Gasteiger partial charge is 0.373 e. The molecule has 1 amide bonds. The molecule has 0 bridgehead atoms. The van der Waals surface area contributed by atoms with Gasteiger partial charge in [0.1, 0.15) is 13.6 Å². The zero-order valence-corrected chi connectivity index (χ0v) is 38.3. The van der Waals surface area contributed by atoms with Crippen molar-refractivity contribution in [1.82, 2.24) is 10.6 Å². The minimum absolute atomic E-state index is 0. The maximum Gasteiger partial charge on any atom is 0.373 e.